The highest BCUT2D eigenvalue weighted by molar-refractivity contribution is 5.27. The molecular formula is C17H25FN2O. The van der Waals surface area contributed by atoms with Gasteiger partial charge in [-0.2, -0.15) is 0 Å². The third-order valence-corrected chi connectivity index (χ3v) is 5.19. The normalized spacial score (nSPS) is 26.1. The molecule has 1 aromatic rings. The van der Waals surface area contributed by atoms with Crippen molar-refractivity contribution in [3.05, 3.63) is 35.1 Å². The fourth-order valence-corrected chi connectivity index (χ4v) is 4.08. The van der Waals surface area contributed by atoms with Crippen LogP contribution in [0.25, 0.3) is 0 Å². The first-order chi connectivity index (χ1) is 10.1. The molecule has 0 aromatic heterocycles. The lowest BCUT2D eigenvalue weighted by molar-refractivity contribution is -0.0983. The second-order valence-electron chi connectivity index (χ2n) is 6.66. The van der Waals surface area contributed by atoms with Gasteiger partial charge in [-0.3, -0.25) is 11.3 Å². The molecule has 2 fully saturated rings. The predicted octanol–water partition coefficient (Wildman–Crippen LogP) is 3.38. The van der Waals surface area contributed by atoms with Crippen LogP contribution in [0.1, 0.15) is 55.7 Å². The van der Waals surface area contributed by atoms with Gasteiger partial charge in [0.15, 0.2) is 0 Å². The lowest BCUT2D eigenvalue weighted by Gasteiger charge is -2.41. The van der Waals surface area contributed by atoms with Crippen LogP contribution in [-0.4, -0.2) is 12.2 Å². The van der Waals surface area contributed by atoms with Crippen molar-refractivity contribution in [1.29, 1.82) is 0 Å². The highest BCUT2D eigenvalue weighted by Gasteiger charge is 2.42. The Morgan fingerprint density at radius 3 is 2.81 bits per heavy atom. The molecule has 1 heterocycles. The predicted molar refractivity (Wildman–Crippen MR) is 81.1 cm³/mol. The average Bonchev–Trinajstić information content (AvgIpc) is 2.90. The van der Waals surface area contributed by atoms with Gasteiger partial charge in [0.2, 0.25) is 0 Å². The number of hydrogen-bond donors (Lipinski definition) is 2. The lowest BCUT2D eigenvalue weighted by Crippen LogP contribution is -2.43. The third kappa shape index (κ3) is 2.98. The zero-order valence-electron chi connectivity index (χ0n) is 12.7. The van der Waals surface area contributed by atoms with Crippen LogP contribution >= 0.6 is 0 Å². The van der Waals surface area contributed by atoms with E-state index in [1.807, 2.05) is 19.1 Å². The highest BCUT2D eigenvalue weighted by Crippen LogP contribution is 2.45. The number of nitrogens with one attached hydrogen (secondary N) is 1. The molecule has 2 aliphatic rings. The van der Waals surface area contributed by atoms with E-state index in [1.54, 1.807) is 6.07 Å². The van der Waals surface area contributed by atoms with Crippen molar-refractivity contribution in [3.63, 3.8) is 0 Å². The smallest absolute Gasteiger partial charge is 0.128 e. The monoisotopic (exact) mass is 292 g/mol. The van der Waals surface area contributed by atoms with Crippen molar-refractivity contribution in [1.82, 2.24) is 5.43 Å². The summed E-state index contributed by atoms with van der Waals surface area (Å²) in [5.41, 5.74) is 4.51. The molecule has 1 aromatic carbocycles. The largest absolute Gasteiger partial charge is 0.375 e. The summed E-state index contributed by atoms with van der Waals surface area (Å²) in [6.45, 7) is 2.66. The molecule has 1 aliphatic carbocycles. The molecule has 1 saturated carbocycles. The standard InChI is InChI=1S/C17H25FN2O/c1-12-4-5-14(15(18)10-12)16(20-19)13-6-9-21-17(11-13)7-2-3-8-17/h4-5,10,13,16,20H,2-3,6-9,11,19H2,1H3. The van der Waals surface area contributed by atoms with Gasteiger partial charge in [-0.25, -0.2) is 4.39 Å². The van der Waals surface area contributed by atoms with Crippen LogP contribution in [0.3, 0.4) is 0 Å². The zero-order valence-corrected chi connectivity index (χ0v) is 12.7. The highest BCUT2D eigenvalue weighted by atomic mass is 19.1. The van der Waals surface area contributed by atoms with Crippen LogP contribution in [0.4, 0.5) is 4.39 Å². The van der Waals surface area contributed by atoms with E-state index in [0.717, 1.165) is 37.9 Å². The maximum absolute atomic E-state index is 14.3. The Kier molecular flexibility index (Phi) is 4.29. The molecule has 116 valence electrons. The van der Waals surface area contributed by atoms with Gasteiger partial charge < -0.3 is 4.74 Å². The topological polar surface area (TPSA) is 47.3 Å². The third-order valence-electron chi connectivity index (χ3n) is 5.19. The first-order valence-electron chi connectivity index (χ1n) is 8.00. The van der Waals surface area contributed by atoms with Crippen molar-refractivity contribution in [3.8, 4) is 0 Å². The molecule has 1 spiro atoms. The number of aryl methyl sites for hydroxylation is 1. The van der Waals surface area contributed by atoms with E-state index in [4.69, 9.17) is 10.6 Å². The Balaban J connectivity index is 1.82. The SMILES string of the molecule is Cc1ccc(C(NN)C2CCOC3(CCCC3)C2)c(F)c1. The van der Waals surface area contributed by atoms with Crippen LogP contribution < -0.4 is 11.3 Å². The molecule has 4 heteroatoms. The van der Waals surface area contributed by atoms with Crippen molar-refractivity contribution >= 4 is 0 Å². The van der Waals surface area contributed by atoms with E-state index < -0.39 is 0 Å². The summed E-state index contributed by atoms with van der Waals surface area (Å²) < 4.78 is 20.4. The maximum atomic E-state index is 14.3. The van der Waals surface area contributed by atoms with Gasteiger partial charge in [-0.1, -0.05) is 25.0 Å². The molecule has 1 aliphatic heterocycles. The zero-order chi connectivity index (χ0) is 14.9. The minimum atomic E-state index is -0.162. The average molecular weight is 292 g/mol. The van der Waals surface area contributed by atoms with Gasteiger partial charge in [0.05, 0.1) is 11.6 Å². The number of rotatable bonds is 3. The van der Waals surface area contributed by atoms with Crippen LogP contribution in [0, 0.1) is 18.7 Å². The summed E-state index contributed by atoms with van der Waals surface area (Å²) in [5.74, 6) is 5.94. The molecule has 3 nitrogen and oxygen atoms in total. The van der Waals surface area contributed by atoms with Crippen molar-refractivity contribution < 1.29 is 9.13 Å². The Morgan fingerprint density at radius 2 is 2.14 bits per heavy atom. The number of hydrogen-bond acceptors (Lipinski definition) is 3. The fraction of sp³-hybridized carbons (Fsp3) is 0.647. The van der Waals surface area contributed by atoms with Gasteiger partial charge in [0.25, 0.3) is 0 Å². The van der Waals surface area contributed by atoms with Gasteiger partial charge in [-0.15, -0.1) is 0 Å². The quantitative estimate of drug-likeness (QED) is 0.663. The Bertz CT molecular complexity index is 500. The number of nitrogens with two attached hydrogens (primary N) is 1. The second kappa shape index (κ2) is 6.03. The van der Waals surface area contributed by atoms with E-state index >= 15 is 0 Å². The summed E-state index contributed by atoms with van der Waals surface area (Å²) in [5, 5.41) is 0. The molecular weight excluding hydrogens is 267 g/mol. The Hall–Kier alpha value is -0.970. The minimum absolute atomic E-state index is 0.0270. The first kappa shape index (κ1) is 14.9. The summed E-state index contributed by atoms with van der Waals surface area (Å²) >= 11 is 0. The van der Waals surface area contributed by atoms with Crippen LogP contribution in [0.2, 0.25) is 0 Å². The van der Waals surface area contributed by atoms with E-state index in [9.17, 15) is 4.39 Å². The summed E-state index contributed by atoms with van der Waals surface area (Å²) in [6.07, 6.45) is 6.67. The van der Waals surface area contributed by atoms with Gasteiger partial charge in [0.1, 0.15) is 5.82 Å². The number of ether oxygens (including phenoxy) is 1. The Morgan fingerprint density at radius 1 is 1.38 bits per heavy atom. The molecule has 2 unspecified atom stereocenters. The Labute approximate surface area is 126 Å². The van der Waals surface area contributed by atoms with Gasteiger partial charge in [-0.05, 0) is 50.2 Å². The fourth-order valence-electron chi connectivity index (χ4n) is 4.08. The lowest BCUT2D eigenvalue weighted by atomic mass is 9.78. The molecule has 0 bridgehead atoms. The van der Waals surface area contributed by atoms with Crippen molar-refractivity contribution in [2.24, 2.45) is 11.8 Å². The second-order valence-corrected chi connectivity index (χ2v) is 6.66. The molecule has 3 N–H and O–H groups in total. The first-order valence-corrected chi connectivity index (χ1v) is 8.00. The molecule has 0 radical (unpaired) electrons. The number of benzene rings is 1. The molecule has 2 atom stereocenters. The van der Waals surface area contributed by atoms with Gasteiger partial charge in [0, 0.05) is 12.2 Å². The van der Waals surface area contributed by atoms with Crippen LogP contribution in [-0.2, 0) is 4.74 Å². The van der Waals surface area contributed by atoms with E-state index in [2.05, 4.69) is 5.43 Å². The maximum Gasteiger partial charge on any atom is 0.128 e. The molecule has 3 rings (SSSR count). The van der Waals surface area contributed by atoms with Crippen LogP contribution in [0.15, 0.2) is 18.2 Å². The summed E-state index contributed by atoms with van der Waals surface area (Å²) in [6, 6.07) is 5.27. The number of halogens is 1. The van der Waals surface area contributed by atoms with Crippen molar-refractivity contribution in [2.75, 3.05) is 6.61 Å². The van der Waals surface area contributed by atoms with E-state index in [0.29, 0.717) is 11.5 Å². The summed E-state index contributed by atoms with van der Waals surface area (Å²) in [4.78, 5) is 0. The van der Waals surface area contributed by atoms with E-state index in [-0.39, 0.29) is 17.5 Å². The molecule has 0 amide bonds. The molecule has 21 heavy (non-hydrogen) atoms. The van der Waals surface area contributed by atoms with Crippen molar-refractivity contribution in [2.45, 2.75) is 57.1 Å². The number of hydrazine groups is 1. The van der Waals surface area contributed by atoms with Gasteiger partial charge >= 0.3 is 0 Å². The molecule has 1 saturated heterocycles. The van der Waals surface area contributed by atoms with E-state index in [1.165, 1.54) is 12.8 Å². The van der Waals surface area contributed by atoms with Crippen LogP contribution in [0.5, 0.6) is 0 Å². The minimum Gasteiger partial charge on any atom is -0.375 e. The summed E-state index contributed by atoms with van der Waals surface area (Å²) in [7, 11) is 0.